The molecule has 0 unspecified atom stereocenters. The van der Waals surface area contributed by atoms with Gasteiger partial charge in [0, 0.05) is 13.1 Å². The molecule has 1 aliphatic rings. The van der Waals surface area contributed by atoms with E-state index in [1.807, 2.05) is 0 Å². The Bertz CT molecular complexity index is 216. The molecular weight excluding hydrogens is 166 g/mol. The standard InChI is InChI=1S/C6H13NO3S/c1-6-2-4-7(5-3-6)11(8,9)10/h6H,2-5H2,1H3,(H,8,9,10). The molecule has 11 heavy (non-hydrogen) atoms. The van der Waals surface area contributed by atoms with Crippen LogP contribution in [0.15, 0.2) is 0 Å². The van der Waals surface area contributed by atoms with Crippen LogP contribution in [0.4, 0.5) is 0 Å². The number of hydrogen-bond donors (Lipinski definition) is 1. The highest BCUT2D eigenvalue weighted by molar-refractivity contribution is 7.83. The van der Waals surface area contributed by atoms with E-state index in [-0.39, 0.29) is 0 Å². The Morgan fingerprint density at radius 3 is 2.18 bits per heavy atom. The number of rotatable bonds is 1. The van der Waals surface area contributed by atoms with Gasteiger partial charge in [-0.25, -0.2) is 0 Å². The molecular formula is C6H13NO3S. The van der Waals surface area contributed by atoms with E-state index in [0.29, 0.717) is 19.0 Å². The topological polar surface area (TPSA) is 57.6 Å². The molecule has 66 valence electrons. The van der Waals surface area contributed by atoms with Crippen LogP contribution in [0.1, 0.15) is 19.8 Å². The maximum absolute atomic E-state index is 10.6. The van der Waals surface area contributed by atoms with E-state index in [2.05, 4.69) is 6.92 Å². The minimum absolute atomic E-state index is 0.458. The Morgan fingerprint density at radius 1 is 1.36 bits per heavy atom. The molecule has 0 atom stereocenters. The van der Waals surface area contributed by atoms with Gasteiger partial charge in [-0.3, -0.25) is 4.55 Å². The Kier molecular flexibility index (Phi) is 2.51. The predicted octanol–water partition coefficient (Wildman–Crippen LogP) is 0.521. The first-order valence-electron chi connectivity index (χ1n) is 3.72. The quantitative estimate of drug-likeness (QED) is 0.597. The fraction of sp³-hybridized carbons (Fsp3) is 1.00. The summed E-state index contributed by atoms with van der Waals surface area (Å²) < 4.78 is 30.9. The highest BCUT2D eigenvalue weighted by Gasteiger charge is 2.23. The zero-order chi connectivity index (χ0) is 8.48. The van der Waals surface area contributed by atoms with Gasteiger partial charge in [0.1, 0.15) is 0 Å². The molecule has 1 N–H and O–H groups in total. The lowest BCUT2D eigenvalue weighted by molar-refractivity contribution is 0.265. The summed E-state index contributed by atoms with van der Waals surface area (Å²) in [6.45, 7) is 3.00. The maximum atomic E-state index is 10.6. The van der Waals surface area contributed by atoms with E-state index >= 15 is 0 Å². The van der Waals surface area contributed by atoms with Gasteiger partial charge in [0.15, 0.2) is 0 Å². The van der Waals surface area contributed by atoms with Gasteiger partial charge in [-0.1, -0.05) is 6.92 Å². The van der Waals surface area contributed by atoms with Crippen molar-refractivity contribution in [2.75, 3.05) is 13.1 Å². The summed E-state index contributed by atoms with van der Waals surface area (Å²) in [5.41, 5.74) is 0. The lowest BCUT2D eigenvalue weighted by atomic mass is 10.0. The molecule has 4 nitrogen and oxygen atoms in total. The molecule has 0 aromatic heterocycles. The summed E-state index contributed by atoms with van der Waals surface area (Å²) >= 11 is 0. The average Bonchev–Trinajstić information content (AvgIpc) is 1.86. The molecule has 0 radical (unpaired) electrons. The van der Waals surface area contributed by atoms with Gasteiger partial charge in [0.25, 0.3) is 0 Å². The summed E-state index contributed by atoms with van der Waals surface area (Å²) in [6.07, 6.45) is 1.69. The van der Waals surface area contributed by atoms with Crippen molar-refractivity contribution in [3.8, 4) is 0 Å². The van der Waals surface area contributed by atoms with Crippen molar-refractivity contribution in [2.45, 2.75) is 19.8 Å². The van der Waals surface area contributed by atoms with Crippen molar-refractivity contribution in [2.24, 2.45) is 5.92 Å². The van der Waals surface area contributed by atoms with Crippen molar-refractivity contribution >= 4 is 10.3 Å². The molecule has 1 aliphatic heterocycles. The molecule has 1 saturated heterocycles. The molecule has 0 aromatic rings. The van der Waals surface area contributed by atoms with Gasteiger partial charge in [-0.2, -0.15) is 12.7 Å². The van der Waals surface area contributed by atoms with Gasteiger partial charge in [-0.05, 0) is 18.8 Å². The van der Waals surface area contributed by atoms with Crippen LogP contribution in [-0.4, -0.2) is 30.4 Å². The van der Waals surface area contributed by atoms with Crippen molar-refractivity contribution < 1.29 is 13.0 Å². The fourth-order valence-electron chi connectivity index (χ4n) is 1.22. The van der Waals surface area contributed by atoms with Crippen molar-refractivity contribution in [3.05, 3.63) is 0 Å². The predicted molar refractivity (Wildman–Crippen MR) is 41.5 cm³/mol. The Balaban J connectivity index is 2.53. The first kappa shape index (κ1) is 8.96. The largest absolute Gasteiger partial charge is 0.335 e. The first-order valence-corrected chi connectivity index (χ1v) is 5.12. The number of hydrogen-bond acceptors (Lipinski definition) is 2. The van der Waals surface area contributed by atoms with Crippen LogP contribution in [-0.2, 0) is 10.3 Å². The van der Waals surface area contributed by atoms with E-state index in [1.165, 1.54) is 0 Å². The zero-order valence-electron chi connectivity index (χ0n) is 6.52. The second kappa shape index (κ2) is 3.08. The van der Waals surface area contributed by atoms with Gasteiger partial charge in [-0.15, -0.1) is 0 Å². The first-order chi connectivity index (χ1) is 5.00. The van der Waals surface area contributed by atoms with Crippen LogP contribution in [0.3, 0.4) is 0 Å². The van der Waals surface area contributed by atoms with Crippen LogP contribution in [0.25, 0.3) is 0 Å². The van der Waals surface area contributed by atoms with E-state index in [1.54, 1.807) is 0 Å². The number of nitrogens with zero attached hydrogens (tertiary/aromatic N) is 1. The number of piperidine rings is 1. The average molecular weight is 179 g/mol. The van der Waals surface area contributed by atoms with E-state index < -0.39 is 10.3 Å². The van der Waals surface area contributed by atoms with Crippen molar-refractivity contribution in [1.82, 2.24) is 4.31 Å². The third-order valence-electron chi connectivity index (χ3n) is 2.07. The van der Waals surface area contributed by atoms with Crippen molar-refractivity contribution in [1.29, 1.82) is 0 Å². The second-order valence-electron chi connectivity index (χ2n) is 3.06. The molecule has 0 amide bonds. The normalized spacial score (nSPS) is 23.8. The summed E-state index contributed by atoms with van der Waals surface area (Å²) in [6, 6.07) is 0. The van der Waals surface area contributed by atoms with E-state index in [4.69, 9.17) is 4.55 Å². The third kappa shape index (κ3) is 2.43. The highest BCUT2D eigenvalue weighted by atomic mass is 32.2. The maximum Gasteiger partial charge on any atom is 0.335 e. The van der Waals surface area contributed by atoms with Gasteiger partial charge >= 0.3 is 10.3 Å². The van der Waals surface area contributed by atoms with Crippen LogP contribution >= 0.6 is 0 Å². The van der Waals surface area contributed by atoms with Crippen LogP contribution in [0.2, 0.25) is 0 Å². The van der Waals surface area contributed by atoms with Crippen LogP contribution in [0.5, 0.6) is 0 Å². The third-order valence-corrected chi connectivity index (χ3v) is 3.09. The molecule has 0 spiro atoms. The molecule has 1 heterocycles. The van der Waals surface area contributed by atoms with Crippen LogP contribution < -0.4 is 0 Å². The molecule has 0 aromatic carbocycles. The summed E-state index contributed by atoms with van der Waals surface area (Å²) in [7, 11) is -3.92. The molecule has 1 rings (SSSR count). The second-order valence-corrected chi connectivity index (χ2v) is 4.47. The Morgan fingerprint density at radius 2 is 1.82 bits per heavy atom. The van der Waals surface area contributed by atoms with Crippen LogP contribution in [0, 0.1) is 5.92 Å². The lowest BCUT2D eigenvalue weighted by Crippen LogP contribution is -2.37. The minimum Gasteiger partial charge on any atom is -0.273 e. The minimum atomic E-state index is -3.92. The highest BCUT2D eigenvalue weighted by Crippen LogP contribution is 2.17. The summed E-state index contributed by atoms with van der Waals surface area (Å²) in [5, 5.41) is 0. The molecule has 0 bridgehead atoms. The zero-order valence-corrected chi connectivity index (χ0v) is 7.34. The Labute approximate surface area is 67.1 Å². The van der Waals surface area contributed by atoms with E-state index in [9.17, 15) is 8.42 Å². The van der Waals surface area contributed by atoms with Gasteiger partial charge < -0.3 is 0 Å². The summed E-state index contributed by atoms with van der Waals surface area (Å²) in [5.74, 6) is 0.577. The molecule has 0 saturated carbocycles. The van der Waals surface area contributed by atoms with Gasteiger partial charge in [0.2, 0.25) is 0 Å². The monoisotopic (exact) mass is 179 g/mol. The van der Waals surface area contributed by atoms with Gasteiger partial charge in [0.05, 0.1) is 0 Å². The molecule has 1 fully saturated rings. The fourth-order valence-corrected chi connectivity index (χ4v) is 1.89. The van der Waals surface area contributed by atoms with E-state index in [0.717, 1.165) is 17.1 Å². The molecule has 0 aliphatic carbocycles. The Hall–Kier alpha value is -0.130. The smallest absolute Gasteiger partial charge is 0.273 e. The SMILES string of the molecule is CC1CCN(S(=O)(=O)O)CC1. The lowest BCUT2D eigenvalue weighted by Gasteiger charge is -2.26. The van der Waals surface area contributed by atoms with Crippen molar-refractivity contribution in [3.63, 3.8) is 0 Å². The molecule has 5 heteroatoms. The summed E-state index contributed by atoms with van der Waals surface area (Å²) in [4.78, 5) is 0.